The number of nitrogens with zero attached hydrogens (tertiary/aromatic N) is 2. The number of rotatable bonds is 2. The highest BCUT2D eigenvalue weighted by Crippen LogP contribution is 2.55. The highest BCUT2D eigenvalue weighted by molar-refractivity contribution is 7.00. The molecule has 0 unspecified atom stereocenters. The van der Waals surface area contributed by atoms with E-state index in [0.717, 1.165) is 12.8 Å². The van der Waals surface area contributed by atoms with Gasteiger partial charge in [0, 0.05) is 34.1 Å². The molecule has 56 heavy (non-hydrogen) atoms. The summed E-state index contributed by atoms with van der Waals surface area (Å²) in [5, 5.41) is 0. The van der Waals surface area contributed by atoms with Gasteiger partial charge >= 0.3 is 0 Å². The Labute approximate surface area is 338 Å². The zero-order valence-corrected chi connectivity index (χ0v) is 37.0. The minimum Gasteiger partial charge on any atom is -0.311 e. The summed E-state index contributed by atoms with van der Waals surface area (Å²) in [6.07, 6.45) is 2.30. The molecule has 0 N–H and O–H groups in total. The Hall–Kier alpha value is -4.24. The van der Waals surface area contributed by atoms with E-state index in [1.165, 1.54) is 89.5 Å². The van der Waals surface area contributed by atoms with Crippen LogP contribution < -0.4 is 26.2 Å². The molecule has 3 heteroatoms. The molecule has 0 aromatic heterocycles. The molecule has 0 bridgehead atoms. The molecule has 0 fully saturated rings. The molecule has 2 aliphatic carbocycles. The fourth-order valence-electron chi connectivity index (χ4n) is 11.8. The summed E-state index contributed by atoms with van der Waals surface area (Å²) in [6.45, 7) is 36.0. The van der Waals surface area contributed by atoms with Crippen LogP contribution in [0.4, 0.5) is 34.1 Å². The topological polar surface area (TPSA) is 6.48 Å². The standard InChI is InChI=1S/C53H63BN2/c1-32-23-45-47-46(24-32)56(36-20-21-37-38(27-36)51(10,11)30-50(37,8)9)44-29-40-39(52(12,13)31-53(40,14)15)28-42(44)54(47)41-22-19-34(49(5,6)7)26-43(41)55(45)35-18-16-17-33(25-35)48(2,3)4/h16-29H,30-31H2,1-15H3. The van der Waals surface area contributed by atoms with Gasteiger partial charge in [-0.15, -0.1) is 0 Å². The predicted molar refractivity (Wildman–Crippen MR) is 244 cm³/mol. The van der Waals surface area contributed by atoms with Crippen LogP contribution in [0.25, 0.3) is 0 Å². The predicted octanol–water partition coefficient (Wildman–Crippen LogP) is 12.6. The third-order valence-corrected chi connectivity index (χ3v) is 14.1. The second kappa shape index (κ2) is 11.5. The van der Waals surface area contributed by atoms with E-state index in [1.807, 2.05) is 0 Å². The molecular formula is C53H63BN2. The fraction of sp³-hybridized carbons (Fsp3) is 0.434. The van der Waals surface area contributed by atoms with Crippen molar-refractivity contribution in [1.29, 1.82) is 0 Å². The van der Waals surface area contributed by atoms with Crippen molar-refractivity contribution in [3.8, 4) is 0 Å². The van der Waals surface area contributed by atoms with Crippen molar-refractivity contribution >= 4 is 57.2 Å². The number of fused-ring (bicyclic) bond motifs is 6. The summed E-state index contributed by atoms with van der Waals surface area (Å²) in [6, 6.07) is 34.4. The van der Waals surface area contributed by atoms with Gasteiger partial charge in [0.15, 0.2) is 0 Å². The van der Waals surface area contributed by atoms with Gasteiger partial charge in [0.25, 0.3) is 6.71 Å². The van der Waals surface area contributed by atoms with E-state index in [9.17, 15) is 0 Å². The van der Waals surface area contributed by atoms with Crippen molar-refractivity contribution in [3.63, 3.8) is 0 Å². The lowest BCUT2D eigenvalue weighted by molar-refractivity contribution is 0.403. The smallest absolute Gasteiger partial charge is 0.252 e. The Morgan fingerprint density at radius 2 is 0.964 bits per heavy atom. The summed E-state index contributed by atoms with van der Waals surface area (Å²) in [5.41, 5.74) is 22.5. The Morgan fingerprint density at radius 3 is 1.55 bits per heavy atom. The van der Waals surface area contributed by atoms with Crippen LogP contribution in [0, 0.1) is 6.92 Å². The Morgan fingerprint density at radius 1 is 0.464 bits per heavy atom. The van der Waals surface area contributed by atoms with Crippen LogP contribution >= 0.6 is 0 Å². The first kappa shape index (κ1) is 37.3. The first-order chi connectivity index (χ1) is 25.9. The van der Waals surface area contributed by atoms with Crippen molar-refractivity contribution in [2.45, 2.75) is 149 Å². The van der Waals surface area contributed by atoms with Crippen molar-refractivity contribution < 1.29 is 0 Å². The van der Waals surface area contributed by atoms with Gasteiger partial charge in [-0.25, -0.2) is 0 Å². The molecule has 5 aromatic rings. The Kier molecular flexibility index (Phi) is 7.64. The molecule has 0 saturated heterocycles. The Bertz CT molecular complexity index is 2480. The maximum Gasteiger partial charge on any atom is 0.252 e. The van der Waals surface area contributed by atoms with Crippen molar-refractivity contribution in [1.82, 2.24) is 0 Å². The zero-order valence-electron chi connectivity index (χ0n) is 37.0. The lowest BCUT2D eigenvalue weighted by Crippen LogP contribution is -2.61. The van der Waals surface area contributed by atoms with Gasteiger partial charge in [-0.3, -0.25) is 0 Å². The number of benzene rings is 5. The molecule has 288 valence electrons. The van der Waals surface area contributed by atoms with Gasteiger partial charge in [-0.2, -0.15) is 0 Å². The van der Waals surface area contributed by atoms with Crippen LogP contribution in [0.15, 0.2) is 84.9 Å². The summed E-state index contributed by atoms with van der Waals surface area (Å²) >= 11 is 0. The average Bonchev–Trinajstić information content (AvgIpc) is 3.39. The van der Waals surface area contributed by atoms with Crippen molar-refractivity contribution in [2.75, 3.05) is 9.80 Å². The van der Waals surface area contributed by atoms with E-state index < -0.39 is 0 Å². The second-order valence-corrected chi connectivity index (χ2v) is 22.7. The van der Waals surface area contributed by atoms with Crippen LogP contribution in [-0.4, -0.2) is 6.71 Å². The van der Waals surface area contributed by atoms with Crippen LogP contribution in [0.5, 0.6) is 0 Å². The second-order valence-electron chi connectivity index (χ2n) is 22.7. The van der Waals surface area contributed by atoms with Gasteiger partial charge in [-0.1, -0.05) is 133 Å². The summed E-state index contributed by atoms with van der Waals surface area (Å²) in [7, 11) is 0. The normalized spacial score (nSPS) is 19.3. The third-order valence-electron chi connectivity index (χ3n) is 14.1. The zero-order chi connectivity index (χ0) is 40.3. The maximum absolute atomic E-state index is 2.67. The number of anilines is 6. The van der Waals surface area contributed by atoms with E-state index in [0.29, 0.717) is 0 Å². The molecule has 2 aliphatic heterocycles. The highest BCUT2D eigenvalue weighted by Gasteiger charge is 2.49. The molecule has 5 aromatic carbocycles. The van der Waals surface area contributed by atoms with E-state index in [4.69, 9.17) is 0 Å². The average molecular weight is 739 g/mol. The van der Waals surface area contributed by atoms with Crippen LogP contribution in [0.3, 0.4) is 0 Å². The van der Waals surface area contributed by atoms with Gasteiger partial charge in [-0.05, 0) is 156 Å². The third kappa shape index (κ3) is 5.42. The minimum absolute atomic E-state index is 0.0135. The lowest BCUT2D eigenvalue weighted by Gasteiger charge is -2.45. The van der Waals surface area contributed by atoms with Crippen LogP contribution in [0.2, 0.25) is 0 Å². The van der Waals surface area contributed by atoms with Gasteiger partial charge < -0.3 is 9.80 Å². The van der Waals surface area contributed by atoms with Gasteiger partial charge in [0.1, 0.15) is 0 Å². The molecule has 4 aliphatic rings. The van der Waals surface area contributed by atoms with Crippen molar-refractivity contribution in [3.05, 3.63) is 124 Å². The fourth-order valence-corrected chi connectivity index (χ4v) is 11.8. The van der Waals surface area contributed by atoms with E-state index in [2.05, 4.69) is 199 Å². The quantitative estimate of drug-likeness (QED) is 0.163. The number of hydrogen-bond acceptors (Lipinski definition) is 2. The first-order valence-electron chi connectivity index (χ1n) is 21.2. The molecule has 2 nitrogen and oxygen atoms in total. The molecule has 0 spiro atoms. The minimum atomic E-state index is 0.0135. The maximum atomic E-state index is 2.67. The first-order valence-corrected chi connectivity index (χ1v) is 21.2. The molecule has 0 amide bonds. The molecular weight excluding hydrogens is 675 g/mol. The number of aryl methyl sites for hydroxylation is 1. The monoisotopic (exact) mass is 739 g/mol. The largest absolute Gasteiger partial charge is 0.311 e. The lowest BCUT2D eigenvalue weighted by atomic mass is 9.33. The molecule has 0 radical (unpaired) electrons. The van der Waals surface area contributed by atoms with Gasteiger partial charge in [0.2, 0.25) is 0 Å². The van der Waals surface area contributed by atoms with E-state index in [1.54, 1.807) is 0 Å². The summed E-state index contributed by atoms with van der Waals surface area (Å²) in [4.78, 5) is 5.28. The molecule has 0 atom stereocenters. The summed E-state index contributed by atoms with van der Waals surface area (Å²) < 4.78 is 0. The Balaban J connectivity index is 1.40. The van der Waals surface area contributed by atoms with Crippen molar-refractivity contribution in [2.24, 2.45) is 0 Å². The molecule has 9 rings (SSSR count). The SMILES string of the molecule is Cc1cc2c3c(c1)N(c1ccc4c(c1)C(C)(C)CC4(C)C)c1cc4c(cc1B3c1ccc(C(C)(C)C)cc1N2c1cccc(C(C)(C)C)c1)C(C)(C)CC4(C)C. The molecule has 0 saturated carbocycles. The van der Waals surface area contributed by atoms with Crippen LogP contribution in [-0.2, 0) is 32.5 Å². The van der Waals surface area contributed by atoms with Gasteiger partial charge in [0.05, 0.1) is 0 Å². The van der Waals surface area contributed by atoms with Crippen LogP contribution in [0.1, 0.15) is 149 Å². The van der Waals surface area contributed by atoms with E-state index >= 15 is 0 Å². The summed E-state index contributed by atoms with van der Waals surface area (Å²) in [5.74, 6) is 0. The number of hydrogen-bond donors (Lipinski definition) is 0. The highest BCUT2D eigenvalue weighted by atomic mass is 15.2. The molecule has 2 heterocycles. The van der Waals surface area contributed by atoms with E-state index in [-0.39, 0.29) is 39.2 Å².